The van der Waals surface area contributed by atoms with E-state index >= 15 is 0 Å². The lowest BCUT2D eigenvalue weighted by Gasteiger charge is -2.09. The van der Waals surface area contributed by atoms with Crippen molar-refractivity contribution >= 4 is 47.0 Å². The van der Waals surface area contributed by atoms with Gasteiger partial charge in [-0.15, -0.1) is 0 Å². The van der Waals surface area contributed by atoms with Crippen LogP contribution in [0.1, 0.15) is 24.2 Å². The predicted molar refractivity (Wildman–Crippen MR) is 86.3 cm³/mol. The Balaban J connectivity index is 3.11. The van der Waals surface area contributed by atoms with Crippen molar-refractivity contribution in [1.29, 1.82) is 5.26 Å². The number of aliphatic imine (C=N–C) groups is 1. The Morgan fingerprint density at radius 3 is 2.52 bits per heavy atom. The van der Waals surface area contributed by atoms with Crippen molar-refractivity contribution in [2.45, 2.75) is 20.0 Å². The number of carbonyl (C=O) groups excluding carboxylic acids is 2. The van der Waals surface area contributed by atoms with Gasteiger partial charge in [-0.05, 0) is 26.0 Å². The maximum absolute atomic E-state index is 11.7. The number of esters is 2. The Bertz CT molecular complexity index is 681. The van der Waals surface area contributed by atoms with Crippen molar-refractivity contribution in [2.24, 2.45) is 10.9 Å². The van der Waals surface area contributed by atoms with E-state index in [1.54, 1.807) is 19.9 Å². The highest BCUT2D eigenvalue weighted by Gasteiger charge is 2.20. The third-order valence-electron chi connectivity index (χ3n) is 2.57. The molecule has 1 rings (SSSR count). The van der Waals surface area contributed by atoms with Crippen molar-refractivity contribution in [3.05, 3.63) is 27.7 Å². The first-order valence-corrected chi connectivity index (χ1v) is 7.28. The molecule has 0 amide bonds. The number of benzene rings is 1. The van der Waals surface area contributed by atoms with Crippen molar-refractivity contribution in [3.8, 4) is 6.07 Å². The largest absolute Gasteiger partial charge is 0.465 e. The van der Waals surface area contributed by atoms with E-state index in [4.69, 9.17) is 33.2 Å². The molecular weight excluding hydrogens is 343 g/mol. The molecule has 0 saturated heterocycles. The minimum Gasteiger partial charge on any atom is -0.465 e. The molecule has 0 heterocycles. The number of carbonyl (C=O) groups is 2. The topological polar surface area (TPSA) is 88.8 Å². The maximum Gasteiger partial charge on any atom is 0.340 e. The summed E-state index contributed by atoms with van der Waals surface area (Å²) in [5.41, 5.74) is 0.137. The van der Waals surface area contributed by atoms with Gasteiger partial charge in [-0.3, -0.25) is 9.79 Å². The van der Waals surface area contributed by atoms with Crippen molar-refractivity contribution < 1.29 is 19.1 Å². The van der Waals surface area contributed by atoms with Crippen molar-refractivity contribution in [3.63, 3.8) is 0 Å². The molecular formula is C15H14Cl2N2O4. The quantitative estimate of drug-likeness (QED) is 0.594. The fraction of sp³-hybridized carbons (Fsp3) is 0.333. The zero-order chi connectivity index (χ0) is 17.6. The van der Waals surface area contributed by atoms with Crippen LogP contribution < -0.4 is 0 Å². The monoisotopic (exact) mass is 356 g/mol. The number of nitriles is 1. The van der Waals surface area contributed by atoms with Crippen LogP contribution in [0.15, 0.2) is 17.1 Å². The number of rotatable bonds is 5. The van der Waals surface area contributed by atoms with Crippen LogP contribution in [-0.4, -0.2) is 31.4 Å². The Morgan fingerprint density at radius 1 is 1.35 bits per heavy atom. The second-order valence-corrected chi connectivity index (χ2v) is 5.40. The van der Waals surface area contributed by atoms with Crippen LogP contribution >= 0.6 is 23.2 Å². The van der Waals surface area contributed by atoms with E-state index in [9.17, 15) is 9.59 Å². The number of hydrogen-bond donors (Lipinski definition) is 0. The van der Waals surface area contributed by atoms with E-state index < -0.39 is 17.9 Å². The van der Waals surface area contributed by atoms with Gasteiger partial charge in [-0.2, -0.15) is 5.26 Å². The lowest BCUT2D eigenvalue weighted by atomic mass is 10.2. The van der Waals surface area contributed by atoms with Gasteiger partial charge >= 0.3 is 11.9 Å². The molecule has 6 nitrogen and oxygen atoms in total. The zero-order valence-corrected chi connectivity index (χ0v) is 14.2. The van der Waals surface area contributed by atoms with Gasteiger partial charge in [0.2, 0.25) is 0 Å². The molecule has 1 unspecified atom stereocenters. The molecule has 0 aromatic heterocycles. The summed E-state index contributed by atoms with van der Waals surface area (Å²) in [7, 11) is 1.19. The van der Waals surface area contributed by atoms with Gasteiger partial charge in [0.1, 0.15) is 0 Å². The number of nitrogens with zero attached hydrogens (tertiary/aromatic N) is 2. The normalized spacial score (nSPS) is 12.0. The van der Waals surface area contributed by atoms with Crippen LogP contribution in [0.3, 0.4) is 0 Å². The summed E-state index contributed by atoms with van der Waals surface area (Å²) in [4.78, 5) is 27.3. The average Bonchev–Trinajstić information content (AvgIpc) is 2.48. The van der Waals surface area contributed by atoms with Crippen LogP contribution in [0, 0.1) is 17.2 Å². The molecule has 0 spiro atoms. The van der Waals surface area contributed by atoms with E-state index in [1.165, 1.54) is 19.2 Å². The third kappa shape index (κ3) is 4.95. The van der Waals surface area contributed by atoms with Gasteiger partial charge in [0, 0.05) is 6.21 Å². The second kappa shape index (κ2) is 8.51. The highest BCUT2D eigenvalue weighted by molar-refractivity contribution is 6.40. The number of hydrogen-bond acceptors (Lipinski definition) is 6. The van der Waals surface area contributed by atoms with Crippen molar-refractivity contribution in [2.75, 3.05) is 7.11 Å². The molecule has 0 fully saturated rings. The van der Waals surface area contributed by atoms with Gasteiger partial charge < -0.3 is 9.47 Å². The fourth-order valence-electron chi connectivity index (χ4n) is 1.54. The molecule has 0 saturated carbocycles. The summed E-state index contributed by atoms with van der Waals surface area (Å²) < 4.78 is 9.53. The SMILES string of the molecule is COC(=O)c1c(Cl)ccc(N=CC(C#N)C(=O)OC(C)C)c1Cl. The first-order valence-electron chi connectivity index (χ1n) is 6.52. The average molecular weight is 357 g/mol. The fourth-order valence-corrected chi connectivity index (χ4v) is 2.11. The molecule has 8 heteroatoms. The molecule has 0 N–H and O–H groups in total. The smallest absolute Gasteiger partial charge is 0.340 e. The highest BCUT2D eigenvalue weighted by Crippen LogP contribution is 2.34. The number of methoxy groups -OCH3 is 1. The Labute approximate surface area is 143 Å². The molecule has 0 aliphatic carbocycles. The lowest BCUT2D eigenvalue weighted by molar-refractivity contribution is -0.148. The van der Waals surface area contributed by atoms with Crippen LogP contribution in [-0.2, 0) is 14.3 Å². The van der Waals surface area contributed by atoms with Gasteiger partial charge in [0.25, 0.3) is 0 Å². The molecule has 23 heavy (non-hydrogen) atoms. The van der Waals surface area contributed by atoms with Gasteiger partial charge in [0.15, 0.2) is 5.92 Å². The summed E-state index contributed by atoms with van der Waals surface area (Å²) in [6.07, 6.45) is 0.748. The molecule has 0 aliphatic heterocycles. The minimum absolute atomic E-state index is 0.0329. The van der Waals surface area contributed by atoms with Crippen LogP contribution in [0.25, 0.3) is 0 Å². The summed E-state index contributed by atoms with van der Waals surface area (Å²) in [6.45, 7) is 3.34. The van der Waals surface area contributed by atoms with Gasteiger partial charge in [-0.1, -0.05) is 23.2 Å². The summed E-state index contributed by atoms with van der Waals surface area (Å²) in [5.74, 6) is -2.62. The second-order valence-electron chi connectivity index (χ2n) is 4.62. The molecule has 122 valence electrons. The highest BCUT2D eigenvalue weighted by atomic mass is 35.5. The standard InChI is InChI=1S/C15H14Cl2N2O4/c1-8(2)23-14(20)9(6-18)7-19-11-5-4-10(16)12(13(11)17)15(21)22-3/h4-5,7-9H,1-3H3. The third-order valence-corrected chi connectivity index (χ3v) is 3.27. The van der Waals surface area contributed by atoms with E-state index in [0.717, 1.165) is 6.21 Å². The lowest BCUT2D eigenvalue weighted by Crippen LogP contribution is -2.20. The first kappa shape index (κ1) is 18.9. The first-order chi connectivity index (χ1) is 10.8. The van der Waals surface area contributed by atoms with E-state index in [0.29, 0.717) is 0 Å². The molecule has 1 atom stereocenters. The summed E-state index contributed by atoms with van der Waals surface area (Å²) in [6, 6.07) is 4.64. The van der Waals surface area contributed by atoms with E-state index in [-0.39, 0.29) is 27.4 Å². The van der Waals surface area contributed by atoms with Crippen LogP contribution in [0.2, 0.25) is 10.0 Å². The number of ether oxygens (including phenoxy) is 2. The molecule has 1 aromatic rings. The zero-order valence-electron chi connectivity index (χ0n) is 12.7. The Hall–Kier alpha value is -2.10. The predicted octanol–water partition coefficient (Wildman–Crippen LogP) is 3.57. The summed E-state index contributed by atoms with van der Waals surface area (Å²) in [5, 5.41) is 9.09. The van der Waals surface area contributed by atoms with Crippen molar-refractivity contribution in [1.82, 2.24) is 0 Å². The van der Waals surface area contributed by atoms with Gasteiger partial charge in [0.05, 0.1) is 40.6 Å². The minimum atomic E-state index is -1.19. The van der Waals surface area contributed by atoms with Gasteiger partial charge in [-0.25, -0.2) is 4.79 Å². The van der Waals surface area contributed by atoms with E-state index in [2.05, 4.69) is 9.73 Å². The molecule has 0 bridgehead atoms. The van der Waals surface area contributed by atoms with Crippen LogP contribution in [0.4, 0.5) is 5.69 Å². The summed E-state index contributed by atoms with van der Waals surface area (Å²) >= 11 is 12.0. The van der Waals surface area contributed by atoms with E-state index in [1.807, 2.05) is 0 Å². The maximum atomic E-state index is 11.7. The van der Waals surface area contributed by atoms with Crippen LogP contribution in [0.5, 0.6) is 0 Å². The Morgan fingerprint density at radius 2 is 2.00 bits per heavy atom. The molecule has 0 aliphatic rings. The molecule has 0 radical (unpaired) electrons. The Kier molecular flexibility index (Phi) is 7.01. The number of halogens is 2. The molecule has 1 aromatic carbocycles.